The van der Waals surface area contributed by atoms with Gasteiger partial charge in [0.25, 0.3) is 0 Å². The van der Waals surface area contributed by atoms with E-state index in [-0.39, 0.29) is 24.0 Å². The monoisotopic (exact) mass is 504 g/mol. The Bertz CT molecular complexity index is 583. The second kappa shape index (κ2) is 14.1. The van der Waals surface area contributed by atoms with E-state index >= 15 is 0 Å². The van der Waals surface area contributed by atoms with Crippen molar-refractivity contribution in [3.05, 3.63) is 35.4 Å². The molecule has 2 rings (SSSR count). The van der Waals surface area contributed by atoms with E-state index in [2.05, 4.69) is 60.4 Å². The largest absolute Gasteiger partial charge is 0.382 e. The van der Waals surface area contributed by atoms with E-state index in [1.54, 1.807) is 7.11 Å². The average Bonchev–Trinajstić information content (AvgIpc) is 3.11. The van der Waals surface area contributed by atoms with Gasteiger partial charge < -0.3 is 24.6 Å². The molecule has 1 N–H and O–H groups in total. The molecule has 0 amide bonds. The Morgan fingerprint density at radius 1 is 1.29 bits per heavy atom. The van der Waals surface area contributed by atoms with E-state index in [9.17, 15) is 0 Å². The van der Waals surface area contributed by atoms with E-state index in [0.717, 1.165) is 45.2 Å². The lowest BCUT2D eigenvalue weighted by molar-refractivity contribution is 0.0536. The van der Waals surface area contributed by atoms with E-state index in [0.29, 0.717) is 25.7 Å². The van der Waals surface area contributed by atoms with E-state index in [4.69, 9.17) is 14.5 Å². The highest BCUT2D eigenvalue weighted by Crippen LogP contribution is 2.17. The summed E-state index contributed by atoms with van der Waals surface area (Å²) >= 11 is 0. The van der Waals surface area contributed by atoms with Crippen molar-refractivity contribution in [1.29, 1.82) is 0 Å². The number of hydrogen-bond donors (Lipinski definition) is 1. The van der Waals surface area contributed by atoms with Crippen molar-refractivity contribution in [1.82, 2.24) is 15.1 Å². The molecule has 1 unspecified atom stereocenters. The molecule has 0 aromatic heterocycles. The lowest BCUT2D eigenvalue weighted by Crippen LogP contribution is -2.40. The number of methoxy groups -OCH3 is 1. The summed E-state index contributed by atoms with van der Waals surface area (Å²) in [6, 6.07) is 8.71. The van der Waals surface area contributed by atoms with Gasteiger partial charge in [-0.05, 0) is 38.6 Å². The van der Waals surface area contributed by atoms with Crippen LogP contribution >= 0.6 is 24.0 Å². The molecule has 0 aliphatic carbocycles. The first-order valence-electron chi connectivity index (χ1n) is 9.94. The van der Waals surface area contributed by atoms with Crippen molar-refractivity contribution < 1.29 is 9.47 Å². The molecule has 0 saturated carbocycles. The highest BCUT2D eigenvalue weighted by atomic mass is 127. The van der Waals surface area contributed by atoms with Gasteiger partial charge in [-0.2, -0.15) is 0 Å². The summed E-state index contributed by atoms with van der Waals surface area (Å²) in [5.41, 5.74) is 2.58. The standard InChI is InChI=1S/C21H36N4O2.HI/c1-5-22-21(25-10-9-20(16-25)17-27-12-11-26-4)23-14-18-7-6-8-19(13-18)15-24(2)3;/h6-8,13,20H,5,9-12,14-17H2,1-4H3,(H,22,23);1H. The molecule has 0 radical (unpaired) electrons. The molecule has 1 aromatic carbocycles. The number of ether oxygens (including phenoxy) is 2. The van der Waals surface area contributed by atoms with Crippen LogP contribution in [-0.2, 0) is 22.6 Å². The Hall–Kier alpha value is -0.900. The van der Waals surface area contributed by atoms with Crippen molar-refractivity contribution in [2.24, 2.45) is 10.9 Å². The van der Waals surface area contributed by atoms with Crippen LogP contribution in [0.25, 0.3) is 0 Å². The topological polar surface area (TPSA) is 49.3 Å². The number of hydrogen-bond acceptors (Lipinski definition) is 4. The van der Waals surface area contributed by atoms with E-state index in [1.165, 1.54) is 11.1 Å². The van der Waals surface area contributed by atoms with Crippen LogP contribution in [-0.4, -0.2) is 76.4 Å². The number of aliphatic imine (C=N–C) groups is 1. The second-order valence-corrected chi connectivity index (χ2v) is 7.40. The Morgan fingerprint density at radius 2 is 2.07 bits per heavy atom. The highest BCUT2D eigenvalue weighted by Gasteiger charge is 2.24. The van der Waals surface area contributed by atoms with Gasteiger partial charge in [0.2, 0.25) is 0 Å². The molecule has 160 valence electrons. The number of benzene rings is 1. The van der Waals surface area contributed by atoms with Crippen LogP contribution in [0.2, 0.25) is 0 Å². The first-order valence-corrected chi connectivity index (χ1v) is 9.94. The summed E-state index contributed by atoms with van der Waals surface area (Å²) < 4.78 is 10.7. The lowest BCUT2D eigenvalue weighted by atomic mass is 10.1. The summed E-state index contributed by atoms with van der Waals surface area (Å²) in [5, 5.41) is 3.45. The molecule has 1 fully saturated rings. The first-order chi connectivity index (χ1) is 13.1. The number of rotatable bonds is 10. The normalized spacial score (nSPS) is 17.1. The zero-order chi connectivity index (χ0) is 19.5. The molecule has 6 nitrogen and oxygen atoms in total. The summed E-state index contributed by atoms with van der Waals surface area (Å²) in [6.07, 6.45) is 1.15. The fraction of sp³-hybridized carbons (Fsp3) is 0.667. The van der Waals surface area contributed by atoms with Crippen molar-refractivity contribution in [2.75, 3.05) is 60.7 Å². The molecule has 7 heteroatoms. The molecule has 1 saturated heterocycles. The zero-order valence-electron chi connectivity index (χ0n) is 17.8. The smallest absolute Gasteiger partial charge is 0.194 e. The number of nitrogens with zero attached hydrogens (tertiary/aromatic N) is 3. The van der Waals surface area contributed by atoms with Gasteiger partial charge >= 0.3 is 0 Å². The average molecular weight is 504 g/mol. The van der Waals surface area contributed by atoms with Gasteiger partial charge in [0.15, 0.2) is 5.96 Å². The second-order valence-electron chi connectivity index (χ2n) is 7.40. The van der Waals surface area contributed by atoms with Crippen LogP contribution in [0.4, 0.5) is 0 Å². The first kappa shape index (κ1) is 25.1. The number of likely N-dealkylation sites (tertiary alicyclic amines) is 1. The van der Waals surface area contributed by atoms with Gasteiger partial charge in [0.1, 0.15) is 0 Å². The van der Waals surface area contributed by atoms with E-state index < -0.39 is 0 Å². The van der Waals surface area contributed by atoms with Gasteiger partial charge in [0.05, 0.1) is 26.4 Å². The van der Waals surface area contributed by atoms with Crippen LogP contribution in [0.5, 0.6) is 0 Å². The van der Waals surface area contributed by atoms with E-state index in [1.807, 2.05) is 0 Å². The fourth-order valence-electron chi connectivity index (χ4n) is 3.34. The molecule has 0 bridgehead atoms. The van der Waals surface area contributed by atoms with Crippen molar-refractivity contribution in [3.8, 4) is 0 Å². The predicted octanol–water partition coefficient (Wildman–Crippen LogP) is 2.82. The molecule has 0 spiro atoms. The van der Waals surface area contributed by atoms with Crippen LogP contribution in [0.15, 0.2) is 29.3 Å². The molecule has 1 aliphatic heterocycles. The Balaban J connectivity index is 0.00000392. The summed E-state index contributed by atoms with van der Waals surface area (Å²) in [4.78, 5) is 9.43. The van der Waals surface area contributed by atoms with Crippen molar-refractivity contribution >= 4 is 29.9 Å². The van der Waals surface area contributed by atoms with Gasteiger partial charge in [-0.1, -0.05) is 24.3 Å². The van der Waals surface area contributed by atoms with Crippen LogP contribution in [0.1, 0.15) is 24.5 Å². The van der Waals surface area contributed by atoms with Crippen LogP contribution in [0.3, 0.4) is 0 Å². The molecule has 1 aromatic rings. The third-order valence-electron chi connectivity index (χ3n) is 4.61. The van der Waals surface area contributed by atoms with Gasteiger partial charge in [-0.15, -0.1) is 24.0 Å². The van der Waals surface area contributed by atoms with Crippen molar-refractivity contribution in [2.45, 2.75) is 26.4 Å². The molecule has 1 heterocycles. The Kier molecular flexibility index (Phi) is 12.7. The summed E-state index contributed by atoms with van der Waals surface area (Å²) in [6.45, 7) is 8.82. The molecule has 28 heavy (non-hydrogen) atoms. The van der Waals surface area contributed by atoms with Gasteiger partial charge in [0, 0.05) is 39.2 Å². The summed E-state index contributed by atoms with van der Waals surface area (Å²) in [7, 11) is 5.89. The zero-order valence-corrected chi connectivity index (χ0v) is 20.1. The minimum Gasteiger partial charge on any atom is -0.382 e. The summed E-state index contributed by atoms with van der Waals surface area (Å²) in [5.74, 6) is 1.57. The molecular weight excluding hydrogens is 467 g/mol. The van der Waals surface area contributed by atoms with Crippen molar-refractivity contribution in [3.63, 3.8) is 0 Å². The maximum absolute atomic E-state index is 5.70. The Morgan fingerprint density at radius 3 is 2.79 bits per heavy atom. The third kappa shape index (κ3) is 9.07. The predicted molar refractivity (Wildman–Crippen MR) is 126 cm³/mol. The molecule has 1 atom stereocenters. The lowest BCUT2D eigenvalue weighted by Gasteiger charge is -2.22. The van der Waals surface area contributed by atoms with Gasteiger partial charge in [-0.25, -0.2) is 4.99 Å². The maximum Gasteiger partial charge on any atom is 0.194 e. The fourth-order valence-corrected chi connectivity index (χ4v) is 3.34. The van der Waals surface area contributed by atoms with Crippen LogP contribution < -0.4 is 5.32 Å². The minimum absolute atomic E-state index is 0. The number of nitrogens with one attached hydrogen (secondary N) is 1. The maximum atomic E-state index is 5.70. The quantitative estimate of drug-likeness (QED) is 0.230. The van der Waals surface area contributed by atoms with Crippen LogP contribution in [0, 0.1) is 5.92 Å². The number of guanidine groups is 1. The molecule has 1 aliphatic rings. The van der Waals surface area contributed by atoms with Gasteiger partial charge in [-0.3, -0.25) is 0 Å². The molecular formula is C21H37IN4O2. The Labute approximate surface area is 187 Å². The minimum atomic E-state index is 0. The third-order valence-corrected chi connectivity index (χ3v) is 4.61. The SMILES string of the molecule is CCNC(=NCc1cccc(CN(C)C)c1)N1CCC(COCCOC)C1.I. The highest BCUT2D eigenvalue weighted by molar-refractivity contribution is 14.0. The number of halogens is 1.